The van der Waals surface area contributed by atoms with Gasteiger partial charge in [0.25, 0.3) is 5.56 Å². The van der Waals surface area contributed by atoms with Crippen molar-refractivity contribution < 1.29 is 9.59 Å². The number of likely N-dealkylation sites (N-methyl/N-ethyl adjacent to an activating group) is 1. The predicted molar refractivity (Wildman–Crippen MR) is 118 cm³/mol. The Morgan fingerprint density at radius 1 is 1.13 bits per heavy atom. The van der Waals surface area contributed by atoms with E-state index in [0.717, 1.165) is 15.8 Å². The van der Waals surface area contributed by atoms with Crippen LogP contribution in [-0.4, -0.2) is 39.6 Å². The van der Waals surface area contributed by atoms with E-state index in [1.165, 1.54) is 11.8 Å². The number of rotatable bonds is 6. The van der Waals surface area contributed by atoms with Crippen molar-refractivity contribution in [3.05, 3.63) is 64.8 Å². The molecule has 0 atom stereocenters. The Morgan fingerprint density at radius 3 is 2.70 bits per heavy atom. The van der Waals surface area contributed by atoms with E-state index in [4.69, 9.17) is 0 Å². The third-order valence-electron chi connectivity index (χ3n) is 4.66. The molecule has 4 N–H and O–H groups in total. The highest BCUT2D eigenvalue weighted by Crippen LogP contribution is 2.29. The number of fused-ring (bicyclic) bond motifs is 3. The quantitative estimate of drug-likeness (QED) is 0.357. The molecule has 0 aliphatic carbocycles. The normalized spacial score (nSPS) is 11.0. The van der Waals surface area contributed by atoms with Crippen molar-refractivity contribution in [2.45, 2.75) is 11.3 Å². The van der Waals surface area contributed by atoms with E-state index in [0.29, 0.717) is 22.2 Å². The molecule has 0 saturated heterocycles. The first-order valence-electron chi connectivity index (χ1n) is 9.24. The van der Waals surface area contributed by atoms with Gasteiger partial charge in [-0.1, -0.05) is 0 Å². The number of hydrogen-bond acceptors (Lipinski definition) is 5. The zero-order valence-electron chi connectivity index (χ0n) is 16.1. The number of H-pyrrole nitrogens is 2. The second-order valence-corrected chi connectivity index (χ2v) is 7.70. The van der Waals surface area contributed by atoms with Gasteiger partial charge >= 0.3 is 0 Å². The summed E-state index contributed by atoms with van der Waals surface area (Å²) in [6, 6.07) is 9.10. The number of hydrogen-bond donors (Lipinski definition) is 4. The van der Waals surface area contributed by atoms with Gasteiger partial charge in [-0.3, -0.25) is 19.4 Å². The third kappa shape index (κ3) is 4.06. The molecule has 0 spiro atoms. The van der Waals surface area contributed by atoms with Crippen molar-refractivity contribution in [3.63, 3.8) is 0 Å². The summed E-state index contributed by atoms with van der Waals surface area (Å²) in [5, 5.41) is 6.94. The summed E-state index contributed by atoms with van der Waals surface area (Å²) < 4.78 is 0. The van der Waals surface area contributed by atoms with Crippen LogP contribution in [0.4, 0.5) is 5.69 Å². The van der Waals surface area contributed by atoms with Crippen LogP contribution in [0.2, 0.25) is 0 Å². The van der Waals surface area contributed by atoms with Gasteiger partial charge in [0.2, 0.25) is 11.8 Å². The first kappa shape index (κ1) is 19.7. The second-order valence-electron chi connectivity index (χ2n) is 6.65. The summed E-state index contributed by atoms with van der Waals surface area (Å²) in [7, 11) is 1.57. The summed E-state index contributed by atoms with van der Waals surface area (Å²) in [5.41, 5.74) is 2.22. The van der Waals surface area contributed by atoms with Gasteiger partial charge in [-0.05, 0) is 35.9 Å². The summed E-state index contributed by atoms with van der Waals surface area (Å²) in [6.07, 6.45) is 5.06. The van der Waals surface area contributed by atoms with Crippen molar-refractivity contribution >= 4 is 51.1 Å². The summed E-state index contributed by atoms with van der Waals surface area (Å²) in [4.78, 5) is 47.2. The van der Waals surface area contributed by atoms with Gasteiger partial charge in [-0.2, -0.15) is 0 Å². The van der Waals surface area contributed by atoms with E-state index in [2.05, 4.69) is 25.6 Å². The zero-order valence-corrected chi connectivity index (χ0v) is 16.9. The molecular formula is C21H19N5O3S. The smallest absolute Gasteiger partial charge is 0.272 e. The Morgan fingerprint density at radius 2 is 1.93 bits per heavy atom. The summed E-state index contributed by atoms with van der Waals surface area (Å²) in [5.74, 6) is -0.0351. The molecule has 4 aromatic rings. The molecule has 0 bridgehead atoms. The summed E-state index contributed by atoms with van der Waals surface area (Å²) in [6.45, 7) is 0. The second kappa shape index (κ2) is 8.42. The number of benzene rings is 1. The number of carbonyl (C=O) groups excluding carboxylic acids is 2. The van der Waals surface area contributed by atoms with E-state index < -0.39 is 0 Å². The number of pyridine rings is 2. The van der Waals surface area contributed by atoms with Crippen molar-refractivity contribution in [1.82, 2.24) is 20.3 Å². The van der Waals surface area contributed by atoms with E-state index in [1.807, 2.05) is 24.3 Å². The molecule has 0 aliphatic rings. The van der Waals surface area contributed by atoms with Crippen molar-refractivity contribution in [2.75, 3.05) is 18.1 Å². The molecule has 30 heavy (non-hydrogen) atoms. The minimum Gasteiger partial charge on any atom is -0.359 e. The largest absolute Gasteiger partial charge is 0.359 e. The van der Waals surface area contributed by atoms with Crippen molar-refractivity contribution in [2.24, 2.45) is 0 Å². The van der Waals surface area contributed by atoms with E-state index in [1.54, 1.807) is 31.7 Å². The Hall–Kier alpha value is -3.59. The highest BCUT2D eigenvalue weighted by Gasteiger charge is 2.15. The standard InChI is InChI=1S/C21H19N5O3S/c1-22-17(27)8-12-10-24-21(29)20-19(12)15-9-13(2-3-16(15)26-20)25-18(28)11-30-14-4-6-23-7-5-14/h2-7,9-10,26H,8,11H2,1H3,(H,22,27)(H,24,29)(H,25,28). The maximum Gasteiger partial charge on any atom is 0.272 e. The maximum absolute atomic E-state index is 12.4. The lowest BCUT2D eigenvalue weighted by atomic mass is 10.1. The molecule has 1 aromatic carbocycles. The molecule has 152 valence electrons. The first-order chi connectivity index (χ1) is 14.5. The molecule has 0 aliphatic heterocycles. The fourth-order valence-electron chi connectivity index (χ4n) is 3.25. The molecule has 0 radical (unpaired) electrons. The Balaban J connectivity index is 1.63. The van der Waals surface area contributed by atoms with Crippen LogP contribution in [0, 0.1) is 0 Å². The van der Waals surface area contributed by atoms with E-state index in [-0.39, 0.29) is 29.5 Å². The maximum atomic E-state index is 12.4. The number of aromatic nitrogens is 3. The topological polar surface area (TPSA) is 120 Å². The van der Waals surface area contributed by atoms with Gasteiger partial charge in [0, 0.05) is 52.5 Å². The highest BCUT2D eigenvalue weighted by atomic mass is 32.2. The number of thioether (sulfide) groups is 1. The SMILES string of the molecule is CNC(=O)Cc1c[nH]c(=O)c2[nH]c3ccc(NC(=O)CSc4ccncc4)cc3c12. The number of nitrogens with one attached hydrogen (secondary N) is 4. The van der Waals surface area contributed by atoms with E-state index >= 15 is 0 Å². The Bertz CT molecular complexity index is 1300. The monoisotopic (exact) mass is 421 g/mol. The number of carbonyl (C=O) groups is 2. The van der Waals surface area contributed by atoms with Crippen LogP contribution in [0.5, 0.6) is 0 Å². The molecule has 4 rings (SSSR count). The predicted octanol–water partition coefficient (Wildman–Crippen LogP) is 2.42. The molecule has 8 nitrogen and oxygen atoms in total. The third-order valence-corrected chi connectivity index (χ3v) is 5.67. The van der Waals surface area contributed by atoms with Crippen LogP contribution in [0.15, 0.2) is 58.6 Å². The molecule has 9 heteroatoms. The molecule has 3 heterocycles. The molecule has 0 saturated carbocycles. The van der Waals surface area contributed by atoms with Gasteiger partial charge in [-0.15, -0.1) is 11.8 Å². The molecule has 2 amide bonds. The fourth-order valence-corrected chi connectivity index (χ4v) is 3.94. The van der Waals surface area contributed by atoms with Crippen molar-refractivity contribution in [3.8, 4) is 0 Å². The highest BCUT2D eigenvalue weighted by molar-refractivity contribution is 8.00. The average molecular weight is 421 g/mol. The van der Waals surface area contributed by atoms with Crippen LogP contribution in [-0.2, 0) is 16.0 Å². The summed E-state index contributed by atoms with van der Waals surface area (Å²) >= 11 is 1.42. The minimum atomic E-state index is -0.263. The molecule has 0 unspecified atom stereocenters. The van der Waals surface area contributed by atoms with Gasteiger partial charge in [0.15, 0.2) is 0 Å². The molecular weight excluding hydrogens is 402 g/mol. The zero-order chi connectivity index (χ0) is 21.1. The number of nitrogens with zero attached hydrogens (tertiary/aromatic N) is 1. The number of anilines is 1. The van der Waals surface area contributed by atoms with E-state index in [9.17, 15) is 14.4 Å². The Kier molecular flexibility index (Phi) is 5.53. The van der Waals surface area contributed by atoms with Crippen LogP contribution in [0.3, 0.4) is 0 Å². The lowest BCUT2D eigenvalue weighted by Crippen LogP contribution is -2.20. The van der Waals surface area contributed by atoms with Gasteiger partial charge in [0.1, 0.15) is 5.52 Å². The van der Waals surface area contributed by atoms with Crippen molar-refractivity contribution in [1.29, 1.82) is 0 Å². The first-order valence-corrected chi connectivity index (χ1v) is 10.2. The lowest BCUT2D eigenvalue weighted by molar-refractivity contribution is -0.120. The van der Waals surface area contributed by atoms with Gasteiger partial charge in [0.05, 0.1) is 12.2 Å². The van der Waals surface area contributed by atoms with Crippen LogP contribution in [0.25, 0.3) is 21.8 Å². The fraction of sp³-hybridized carbons (Fsp3) is 0.143. The average Bonchev–Trinajstić information content (AvgIpc) is 3.15. The minimum absolute atomic E-state index is 0.135. The molecule has 0 fully saturated rings. The van der Waals surface area contributed by atoms with Gasteiger partial charge in [-0.25, -0.2) is 0 Å². The lowest BCUT2D eigenvalue weighted by Gasteiger charge is -2.06. The van der Waals surface area contributed by atoms with Gasteiger partial charge < -0.3 is 20.6 Å². The number of aromatic amines is 2. The van der Waals surface area contributed by atoms with Crippen LogP contribution < -0.4 is 16.2 Å². The Labute approximate surface area is 175 Å². The number of amides is 2. The molecule has 3 aromatic heterocycles. The van der Waals surface area contributed by atoms with Crippen LogP contribution >= 0.6 is 11.8 Å². The van der Waals surface area contributed by atoms with Crippen LogP contribution in [0.1, 0.15) is 5.56 Å².